The van der Waals surface area contributed by atoms with Crippen LogP contribution in [0.1, 0.15) is 16.1 Å². The van der Waals surface area contributed by atoms with Gasteiger partial charge in [-0.15, -0.1) is 0 Å². The summed E-state index contributed by atoms with van der Waals surface area (Å²) in [5, 5.41) is 7.67. The Labute approximate surface area is 159 Å². The van der Waals surface area contributed by atoms with E-state index in [2.05, 4.69) is 20.6 Å². The zero-order valence-electron chi connectivity index (χ0n) is 14.6. The summed E-state index contributed by atoms with van der Waals surface area (Å²) in [5.74, 6) is -0.537. The van der Waals surface area contributed by atoms with Crippen LogP contribution in [0.3, 0.4) is 0 Å². The lowest BCUT2D eigenvalue weighted by atomic mass is 10.1. The van der Waals surface area contributed by atoms with Gasteiger partial charge in [-0.3, -0.25) is 9.78 Å². The Balaban J connectivity index is 1.38. The summed E-state index contributed by atoms with van der Waals surface area (Å²) in [4.78, 5) is 21.3. The molecular weight excluding hydrogens is 363 g/mol. The Morgan fingerprint density at radius 2 is 1.93 bits per heavy atom. The molecule has 7 heteroatoms. The second-order valence-electron chi connectivity index (χ2n) is 6.13. The van der Waals surface area contributed by atoms with E-state index in [4.69, 9.17) is 0 Å². The van der Waals surface area contributed by atoms with E-state index in [0.717, 1.165) is 20.7 Å². The molecule has 0 unspecified atom stereocenters. The number of benzene rings is 2. The van der Waals surface area contributed by atoms with Crippen LogP contribution in [0.4, 0.5) is 9.52 Å². The molecule has 4 aromatic rings. The largest absolute Gasteiger partial charge is 0.360 e. The zero-order chi connectivity index (χ0) is 18.8. The molecule has 136 valence electrons. The van der Waals surface area contributed by atoms with E-state index in [9.17, 15) is 9.18 Å². The van der Waals surface area contributed by atoms with E-state index < -0.39 is 0 Å². The van der Waals surface area contributed by atoms with Crippen LogP contribution in [0.5, 0.6) is 0 Å². The summed E-state index contributed by atoms with van der Waals surface area (Å²) in [5.41, 5.74) is 2.57. The molecule has 0 aliphatic rings. The fourth-order valence-electron chi connectivity index (χ4n) is 2.85. The van der Waals surface area contributed by atoms with Crippen molar-refractivity contribution < 1.29 is 9.18 Å². The molecule has 1 amide bonds. The number of carbonyl (C=O) groups excluding carboxylic acids is 1. The third-order valence-electron chi connectivity index (χ3n) is 4.20. The van der Waals surface area contributed by atoms with Crippen molar-refractivity contribution in [3.8, 4) is 0 Å². The van der Waals surface area contributed by atoms with Crippen LogP contribution in [-0.2, 0) is 0 Å². The number of fused-ring (bicyclic) bond motifs is 2. The highest BCUT2D eigenvalue weighted by Gasteiger charge is 2.12. The van der Waals surface area contributed by atoms with Crippen molar-refractivity contribution in [2.45, 2.75) is 6.92 Å². The minimum atomic E-state index is -0.340. The van der Waals surface area contributed by atoms with Crippen LogP contribution in [0.2, 0.25) is 0 Å². The van der Waals surface area contributed by atoms with Gasteiger partial charge in [-0.2, -0.15) is 0 Å². The minimum Gasteiger partial charge on any atom is -0.360 e. The highest BCUT2D eigenvalue weighted by atomic mass is 32.1. The number of nitrogens with one attached hydrogen (secondary N) is 2. The number of halogens is 1. The Kier molecular flexibility index (Phi) is 4.68. The van der Waals surface area contributed by atoms with Gasteiger partial charge in [0.15, 0.2) is 5.13 Å². The number of para-hydroxylation sites is 1. The van der Waals surface area contributed by atoms with Crippen molar-refractivity contribution in [3.63, 3.8) is 0 Å². The average Bonchev–Trinajstić information content (AvgIpc) is 3.07. The van der Waals surface area contributed by atoms with Gasteiger partial charge in [-0.05, 0) is 37.3 Å². The van der Waals surface area contributed by atoms with Crippen molar-refractivity contribution in [2.24, 2.45) is 0 Å². The smallest absolute Gasteiger partial charge is 0.253 e. The first-order valence-corrected chi connectivity index (χ1v) is 9.36. The number of thiazole rings is 1. The maximum Gasteiger partial charge on any atom is 0.253 e. The van der Waals surface area contributed by atoms with Gasteiger partial charge in [-0.25, -0.2) is 9.37 Å². The van der Waals surface area contributed by atoms with Crippen molar-refractivity contribution in [2.75, 3.05) is 18.4 Å². The van der Waals surface area contributed by atoms with Crippen molar-refractivity contribution >= 4 is 43.5 Å². The maximum absolute atomic E-state index is 13.3. The van der Waals surface area contributed by atoms with Gasteiger partial charge >= 0.3 is 0 Å². The molecule has 0 saturated carbocycles. The molecule has 0 spiro atoms. The molecule has 0 aliphatic heterocycles. The molecule has 4 rings (SSSR count). The summed E-state index contributed by atoms with van der Waals surface area (Å²) in [6, 6.07) is 14.0. The Bertz CT molecular complexity index is 1110. The van der Waals surface area contributed by atoms with Crippen LogP contribution in [0, 0.1) is 12.7 Å². The summed E-state index contributed by atoms with van der Waals surface area (Å²) in [6.45, 7) is 2.77. The third kappa shape index (κ3) is 3.73. The van der Waals surface area contributed by atoms with Gasteiger partial charge in [0.25, 0.3) is 5.91 Å². The number of anilines is 1. The molecule has 5 nitrogen and oxygen atoms in total. The number of amides is 1. The van der Waals surface area contributed by atoms with E-state index in [1.807, 2.05) is 24.3 Å². The predicted octanol–water partition coefficient (Wildman–Crippen LogP) is 4.13. The first kappa shape index (κ1) is 17.4. The predicted molar refractivity (Wildman–Crippen MR) is 107 cm³/mol. The summed E-state index contributed by atoms with van der Waals surface area (Å²) in [6.07, 6.45) is 0. The van der Waals surface area contributed by atoms with E-state index in [1.54, 1.807) is 30.4 Å². The molecule has 0 atom stereocenters. The van der Waals surface area contributed by atoms with Gasteiger partial charge in [0.05, 0.1) is 27.0 Å². The number of hydrogen-bond donors (Lipinski definition) is 2. The number of rotatable bonds is 5. The number of aryl methyl sites for hydroxylation is 1. The molecule has 0 bridgehead atoms. The summed E-state index contributed by atoms with van der Waals surface area (Å²) in [7, 11) is 0. The SMILES string of the molecule is Cc1nc2cc(F)ccc2cc1C(=O)NCCNc1nc2ccccc2s1. The Hall–Kier alpha value is -3.06. The second-order valence-corrected chi connectivity index (χ2v) is 7.16. The van der Waals surface area contributed by atoms with E-state index in [0.29, 0.717) is 29.9 Å². The van der Waals surface area contributed by atoms with Crippen molar-refractivity contribution in [1.82, 2.24) is 15.3 Å². The first-order valence-electron chi connectivity index (χ1n) is 8.55. The van der Waals surface area contributed by atoms with Crippen molar-refractivity contribution in [3.05, 3.63) is 65.6 Å². The minimum absolute atomic E-state index is 0.197. The quantitative estimate of drug-likeness (QED) is 0.511. The maximum atomic E-state index is 13.3. The number of nitrogens with zero attached hydrogens (tertiary/aromatic N) is 2. The molecule has 0 aliphatic carbocycles. The van der Waals surface area contributed by atoms with Gasteiger partial charge in [0.1, 0.15) is 5.82 Å². The zero-order valence-corrected chi connectivity index (χ0v) is 15.4. The molecule has 0 radical (unpaired) electrons. The number of carbonyl (C=O) groups is 1. The first-order chi connectivity index (χ1) is 13.1. The molecule has 2 aromatic heterocycles. The summed E-state index contributed by atoms with van der Waals surface area (Å²) >= 11 is 1.58. The standard InChI is InChI=1S/C20H17FN4OS/c1-12-15(10-13-6-7-14(21)11-17(13)24-12)19(26)22-8-9-23-20-25-16-4-2-3-5-18(16)27-20/h2-7,10-11H,8-9H2,1H3,(H,22,26)(H,23,25). The lowest BCUT2D eigenvalue weighted by Gasteiger charge is -2.09. The topological polar surface area (TPSA) is 66.9 Å². The van der Waals surface area contributed by atoms with Crippen LogP contribution in [0.25, 0.3) is 21.1 Å². The summed E-state index contributed by atoms with van der Waals surface area (Å²) < 4.78 is 14.4. The molecule has 2 heterocycles. The fraction of sp³-hybridized carbons (Fsp3) is 0.150. The van der Waals surface area contributed by atoms with E-state index in [1.165, 1.54) is 12.1 Å². The van der Waals surface area contributed by atoms with Crippen LogP contribution in [0.15, 0.2) is 48.5 Å². The van der Waals surface area contributed by atoms with Crippen molar-refractivity contribution in [1.29, 1.82) is 0 Å². The second kappa shape index (κ2) is 7.28. The highest BCUT2D eigenvalue weighted by molar-refractivity contribution is 7.22. The van der Waals surface area contributed by atoms with Gasteiger partial charge in [0.2, 0.25) is 0 Å². The number of hydrogen-bond acceptors (Lipinski definition) is 5. The average molecular weight is 380 g/mol. The molecule has 27 heavy (non-hydrogen) atoms. The van der Waals surface area contributed by atoms with E-state index >= 15 is 0 Å². The fourth-order valence-corrected chi connectivity index (χ4v) is 3.75. The highest BCUT2D eigenvalue weighted by Crippen LogP contribution is 2.25. The van der Waals surface area contributed by atoms with Crippen LogP contribution >= 0.6 is 11.3 Å². The molecule has 0 fully saturated rings. The van der Waals surface area contributed by atoms with E-state index in [-0.39, 0.29) is 11.7 Å². The van der Waals surface area contributed by atoms with Crippen LogP contribution in [-0.4, -0.2) is 29.0 Å². The molecule has 2 aromatic carbocycles. The Morgan fingerprint density at radius 1 is 1.07 bits per heavy atom. The third-order valence-corrected chi connectivity index (χ3v) is 5.19. The number of pyridine rings is 1. The van der Waals surface area contributed by atoms with Crippen LogP contribution < -0.4 is 10.6 Å². The molecule has 0 saturated heterocycles. The molecule has 2 N–H and O–H groups in total. The lowest BCUT2D eigenvalue weighted by molar-refractivity contribution is 0.0954. The van der Waals surface area contributed by atoms with Gasteiger partial charge in [0, 0.05) is 24.5 Å². The number of aromatic nitrogens is 2. The monoisotopic (exact) mass is 380 g/mol. The van der Waals surface area contributed by atoms with Gasteiger partial charge in [-0.1, -0.05) is 23.5 Å². The lowest BCUT2D eigenvalue weighted by Crippen LogP contribution is -2.29. The Morgan fingerprint density at radius 3 is 2.78 bits per heavy atom. The van der Waals surface area contributed by atoms with Gasteiger partial charge < -0.3 is 10.6 Å². The normalized spacial score (nSPS) is 11.0. The molecular formula is C20H17FN4OS.